The maximum Gasteiger partial charge on any atom is 0.327 e. The fourth-order valence-electron chi connectivity index (χ4n) is 1.10. The third-order valence-electron chi connectivity index (χ3n) is 1.91. The summed E-state index contributed by atoms with van der Waals surface area (Å²) < 4.78 is 0. The topological polar surface area (TPSA) is 74.7 Å². The van der Waals surface area contributed by atoms with Crippen molar-refractivity contribution >= 4 is 30.4 Å². The second kappa shape index (κ2) is 6.44. The van der Waals surface area contributed by atoms with Gasteiger partial charge in [-0.05, 0) is 0 Å². The predicted octanol–water partition coefficient (Wildman–Crippen LogP) is 0.545. The van der Waals surface area contributed by atoms with E-state index in [9.17, 15) is 14.4 Å². The number of hydrogen-bond donors (Lipinski definition) is 2. The fraction of sp³-hybridized carbons (Fsp3) is 0.667. The number of aliphatic carboxylic acids is 1. The number of hydrogen-bond acceptors (Lipinski definition) is 4. The number of nitrogens with zero attached hydrogens (tertiary/aromatic N) is 1. The molecule has 6 heteroatoms. The molecule has 0 aromatic heterocycles. The van der Waals surface area contributed by atoms with Crippen molar-refractivity contribution in [3.05, 3.63) is 0 Å². The van der Waals surface area contributed by atoms with Crippen LogP contribution in [0.4, 0.5) is 0 Å². The number of carboxylic acids is 1. The van der Waals surface area contributed by atoms with E-state index < -0.39 is 23.8 Å². The van der Waals surface area contributed by atoms with Gasteiger partial charge in [-0.2, -0.15) is 12.6 Å². The van der Waals surface area contributed by atoms with Gasteiger partial charge in [-0.3, -0.25) is 14.5 Å². The lowest BCUT2D eigenvalue weighted by atomic mass is 10.2. The van der Waals surface area contributed by atoms with Crippen LogP contribution in [0.3, 0.4) is 0 Å². The summed E-state index contributed by atoms with van der Waals surface area (Å²) >= 11 is 3.83. The third-order valence-corrected chi connectivity index (χ3v) is 2.26. The van der Waals surface area contributed by atoms with E-state index in [4.69, 9.17) is 5.11 Å². The van der Waals surface area contributed by atoms with Crippen molar-refractivity contribution in [1.29, 1.82) is 0 Å². The molecule has 1 N–H and O–H groups in total. The largest absolute Gasteiger partial charge is 0.480 e. The molecule has 1 unspecified atom stereocenters. The van der Waals surface area contributed by atoms with E-state index in [1.807, 2.05) is 0 Å². The number of carboxylic acid groups (broad SMARTS) is 1. The van der Waals surface area contributed by atoms with Gasteiger partial charge >= 0.3 is 5.97 Å². The fourth-order valence-corrected chi connectivity index (χ4v) is 1.42. The third kappa shape index (κ3) is 3.54. The van der Waals surface area contributed by atoms with Crippen LogP contribution < -0.4 is 0 Å². The van der Waals surface area contributed by atoms with E-state index in [0.717, 1.165) is 4.90 Å². The molecule has 0 aliphatic heterocycles. The summed E-state index contributed by atoms with van der Waals surface area (Å²) in [5.41, 5.74) is 0. The first kappa shape index (κ1) is 14.0. The summed E-state index contributed by atoms with van der Waals surface area (Å²) in [5.74, 6) is -2.26. The highest BCUT2D eigenvalue weighted by molar-refractivity contribution is 7.80. The Balaban J connectivity index is 4.98. The van der Waals surface area contributed by atoms with Crippen molar-refractivity contribution < 1.29 is 19.5 Å². The Bertz CT molecular complexity index is 251. The Morgan fingerprint density at radius 3 is 1.80 bits per heavy atom. The van der Waals surface area contributed by atoms with Gasteiger partial charge in [0.25, 0.3) is 0 Å². The van der Waals surface area contributed by atoms with Crippen LogP contribution in [0.1, 0.15) is 26.7 Å². The molecule has 0 aliphatic carbocycles. The SMILES string of the molecule is CCC(=O)N(C(=O)CC)C(CS)C(=O)O. The maximum atomic E-state index is 11.4. The predicted molar refractivity (Wildman–Crippen MR) is 57.7 cm³/mol. The molecule has 86 valence electrons. The molecule has 0 aromatic carbocycles. The number of thiol groups is 1. The number of amides is 2. The summed E-state index contributed by atoms with van der Waals surface area (Å²) in [4.78, 5) is 34.5. The first-order valence-corrected chi connectivity index (χ1v) is 5.31. The van der Waals surface area contributed by atoms with Gasteiger partial charge in [0.05, 0.1) is 0 Å². The molecular weight excluding hydrogens is 218 g/mol. The van der Waals surface area contributed by atoms with Gasteiger partial charge in [-0.25, -0.2) is 4.79 Å². The molecular formula is C9H15NO4S. The van der Waals surface area contributed by atoms with Crippen molar-refractivity contribution in [1.82, 2.24) is 4.90 Å². The van der Waals surface area contributed by atoms with Crippen LogP contribution in [0, 0.1) is 0 Å². The van der Waals surface area contributed by atoms with Crippen LogP contribution >= 0.6 is 12.6 Å². The second-order valence-corrected chi connectivity index (χ2v) is 3.27. The van der Waals surface area contributed by atoms with E-state index in [0.29, 0.717) is 0 Å². The van der Waals surface area contributed by atoms with E-state index in [1.165, 1.54) is 0 Å². The van der Waals surface area contributed by atoms with Crippen LogP contribution in [0.15, 0.2) is 0 Å². The lowest BCUT2D eigenvalue weighted by Crippen LogP contribution is -2.49. The molecule has 5 nitrogen and oxygen atoms in total. The van der Waals surface area contributed by atoms with Gasteiger partial charge in [-0.15, -0.1) is 0 Å². The van der Waals surface area contributed by atoms with E-state index in [2.05, 4.69) is 12.6 Å². The molecule has 0 radical (unpaired) electrons. The summed E-state index contributed by atoms with van der Waals surface area (Å²) in [7, 11) is 0. The number of carbonyl (C=O) groups is 3. The molecule has 0 bridgehead atoms. The van der Waals surface area contributed by atoms with Gasteiger partial charge in [0.1, 0.15) is 6.04 Å². The zero-order valence-electron chi connectivity index (χ0n) is 8.77. The van der Waals surface area contributed by atoms with E-state index >= 15 is 0 Å². The second-order valence-electron chi connectivity index (χ2n) is 2.90. The smallest absolute Gasteiger partial charge is 0.327 e. The van der Waals surface area contributed by atoms with Crippen molar-refractivity contribution in [3.8, 4) is 0 Å². The average molecular weight is 233 g/mol. The highest BCUT2D eigenvalue weighted by Gasteiger charge is 2.31. The minimum absolute atomic E-state index is 0.0766. The Morgan fingerprint density at radius 1 is 1.20 bits per heavy atom. The Hall–Kier alpha value is -1.04. The van der Waals surface area contributed by atoms with Crippen LogP contribution in [0.2, 0.25) is 0 Å². The average Bonchev–Trinajstić information content (AvgIpc) is 2.23. The zero-order chi connectivity index (χ0) is 12.0. The van der Waals surface area contributed by atoms with Crippen molar-refractivity contribution in [2.75, 3.05) is 5.75 Å². The van der Waals surface area contributed by atoms with Gasteiger partial charge < -0.3 is 5.11 Å². The quantitative estimate of drug-likeness (QED) is 0.680. The molecule has 0 spiro atoms. The van der Waals surface area contributed by atoms with Gasteiger partial charge in [-0.1, -0.05) is 13.8 Å². The lowest BCUT2D eigenvalue weighted by molar-refractivity contribution is -0.156. The molecule has 0 fully saturated rings. The molecule has 0 aliphatic rings. The molecule has 1 atom stereocenters. The molecule has 0 saturated carbocycles. The normalized spacial score (nSPS) is 11.9. The highest BCUT2D eigenvalue weighted by Crippen LogP contribution is 2.07. The van der Waals surface area contributed by atoms with Gasteiger partial charge in [0.15, 0.2) is 0 Å². The first-order valence-electron chi connectivity index (χ1n) is 4.68. The van der Waals surface area contributed by atoms with Crippen LogP contribution in [-0.4, -0.2) is 39.6 Å². The molecule has 0 rings (SSSR count). The van der Waals surface area contributed by atoms with Crippen LogP contribution in [-0.2, 0) is 14.4 Å². The number of rotatable bonds is 5. The summed E-state index contributed by atoms with van der Waals surface area (Å²) in [6.45, 7) is 3.16. The molecule has 0 heterocycles. The number of imide groups is 1. The number of carbonyl (C=O) groups excluding carboxylic acids is 2. The van der Waals surface area contributed by atoms with Gasteiger partial charge in [0, 0.05) is 18.6 Å². The molecule has 0 aromatic rings. The molecule has 15 heavy (non-hydrogen) atoms. The first-order chi connectivity index (χ1) is 6.99. The van der Waals surface area contributed by atoms with Crippen LogP contribution in [0.25, 0.3) is 0 Å². The minimum Gasteiger partial charge on any atom is -0.480 e. The Kier molecular flexibility index (Phi) is 6.00. The monoisotopic (exact) mass is 233 g/mol. The Labute approximate surface area is 93.9 Å². The summed E-state index contributed by atoms with van der Waals surface area (Å²) in [6.07, 6.45) is 0.201. The van der Waals surface area contributed by atoms with E-state index in [-0.39, 0.29) is 18.6 Å². The van der Waals surface area contributed by atoms with Crippen LogP contribution in [0.5, 0.6) is 0 Å². The van der Waals surface area contributed by atoms with E-state index in [1.54, 1.807) is 13.8 Å². The highest BCUT2D eigenvalue weighted by atomic mass is 32.1. The molecule has 2 amide bonds. The Morgan fingerprint density at radius 2 is 1.60 bits per heavy atom. The van der Waals surface area contributed by atoms with Crippen molar-refractivity contribution in [2.24, 2.45) is 0 Å². The lowest BCUT2D eigenvalue weighted by Gasteiger charge is -2.25. The molecule has 0 saturated heterocycles. The maximum absolute atomic E-state index is 11.4. The van der Waals surface area contributed by atoms with Crippen molar-refractivity contribution in [2.45, 2.75) is 32.7 Å². The van der Waals surface area contributed by atoms with Gasteiger partial charge in [0.2, 0.25) is 11.8 Å². The minimum atomic E-state index is -1.21. The van der Waals surface area contributed by atoms with Crippen molar-refractivity contribution in [3.63, 3.8) is 0 Å². The summed E-state index contributed by atoms with van der Waals surface area (Å²) in [6, 6.07) is -1.17. The standard InChI is InChI=1S/C9H15NO4S/c1-3-7(11)10(8(12)4-2)6(5-15)9(13)14/h6,15H,3-5H2,1-2H3,(H,13,14). The zero-order valence-corrected chi connectivity index (χ0v) is 9.66. The summed E-state index contributed by atoms with van der Waals surface area (Å²) in [5, 5.41) is 8.84.